The zero-order valence-corrected chi connectivity index (χ0v) is 19.0. The van der Waals surface area contributed by atoms with Crippen LogP contribution in [0.25, 0.3) is 5.57 Å². The molecule has 30 heavy (non-hydrogen) atoms. The summed E-state index contributed by atoms with van der Waals surface area (Å²) in [6.45, 7) is 7.93. The van der Waals surface area contributed by atoms with Gasteiger partial charge in [-0.2, -0.15) is 0 Å². The summed E-state index contributed by atoms with van der Waals surface area (Å²) in [5.74, 6) is 1.53. The van der Waals surface area contributed by atoms with Gasteiger partial charge < -0.3 is 14.2 Å². The minimum Gasteiger partial charge on any atom is -0.493 e. The van der Waals surface area contributed by atoms with Crippen molar-refractivity contribution < 1.29 is 14.2 Å². The first-order valence-electron chi connectivity index (χ1n) is 10.5. The van der Waals surface area contributed by atoms with Crippen LogP contribution in [-0.4, -0.2) is 45.4 Å². The fourth-order valence-electron chi connectivity index (χ4n) is 4.41. The molecule has 0 bridgehead atoms. The highest BCUT2D eigenvalue weighted by Crippen LogP contribution is 2.43. The first-order chi connectivity index (χ1) is 14.4. The molecule has 0 amide bonds. The van der Waals surface area contributed by atoms with Crippen molar-refractivity contribution in [1.29, 1.82) is 0 Å². The maximum absolute atomic E-state index is 6.35. The van der Waals surface area contributed by atoms with Gasteiger partial charge in [-0.3, -0.25) is 4.90 Å². The third-order valence-electron chi connectivity index (χ3n) is 6.21. The molecule has 5 heteroatoms. The highest BCUT2D eigenvalue weighted by Gasteiger charge is 2.36. The number of nitrogens with zero attached hydrogens (tertiary/aromatic N) is 1. The van der Waals surface area contributed by atoms with Crippen molar-refractivity contribution in [3.63, 3.8) is 0 Å². The molecular weight excluding hydrogens is 398 g/mol. The molecule has 4 rings (SSSR count). The molecule has 1 atom stereocenters. The molecule has 0 saturated carbocycles. The van der Waals surface area contributed by atoms with Crippen molar-refractivity contribution in [2.75, 3.05) is 40.5 Å². The van der Waals surface area contributed by atoms with E-state index in [1.807, 2.05) is 12.1 Å². The summed E-state index contributed by atoms with van der Waals surface area (Å²) in [6, 6.07) is 12.3. The van der Waals surface area contributed by atoms with Gasteiger partial charge in [0.1, 0.15) is 0 Å². The van der Waals surface area contributed by atoms with Crippen LogP contribution in [0.4, 0.5) is 0 Å². The van der Waals surface area contributed by atoms with Gasteiger partial charge in [-0.05, 0) is 52.9 Å². The predicted molar refractivity (Wildman–Crippen MR) is 122 cm³/mol. The number of halogens is 1. The van der Waals surface area contributed by atoms with Gasteiger partial charge in [0.05, 0.1) is 26.9 Å². The smallest absolute Gasteiger partial charge is 0.161 e. The van der Waals surface area contributed by atoms with Gasteiger partial charge in [-0.25, -0.2) is 0 Å². The molecule has 0 aliphatic carbocycles. The van der Waals surface area contributed by atoms with Crippen molar-refractivity contribution in [1.82, 2.24) is 4.90 Å². The van der Waals surface area contributed by atoms with E-state index in [2.05, 4.69) is 49.1 Å². The van der Waals surface area contributed by atoms with E-state index in [1.54, 1.807) is 14.2 Å². The lowest BCUT2D eigenvalue weighted by Crippen LogP contribution is -2.39. The fraction of sp³-hybridized carbons (Fsp3) is 0.440. The van der Waals surface area contributed by atoms with Crippen LogP contribution < -0.4 is 9.47 Å². The Kier molecular flexibility index (Phi) is 6.10. The van der Waals surface area contributed by atoms with Gasteiger partial charge in [-0.1, -0.05) is 43.7 Å². The second-order valence-electron chi connectivity index (χ2n) is 8.72. The highest BCUT2D eigenvalue weighted by molar-refractivity contribution is 6.30. The van der Waals surface area contributed by atoms with Crippen LogP contribution in [-0.2, 0) is 10.2 Å². The molecule has 2 heterocycles. The Bertz CT molecular complexity index is 936. The Labute approximate surface area is 184 Å². The van der Waals surface area contributed by atoms with Crippen molar-refractivity contribution in [2.45, 2.75) is 31.8 Å². The molecule has 0 spiro atoms. The molecule has 2 aromatic rings. The fourth-order valence-corrected chi connectivity index (χ4v) is 4.54. The van der Waals surface area contributed by atoms with E-state index in [1.165, 1.54) is 22.3 Å². The maximum atomic E-state index is 6.35. The van der Waals surface area contributed by atoms with Crippen LogP contribution in [0.2, 0.25) is 5.02 Å². The Morgan fingerprint density at radius 1 is 1.10 bits per heavy atom. The molecule has 2 aliphatic rings. The zero-order valence-electron chi connectivity index (χ0n) is 18.2. The SMILES string of the molecule is COc1cc2c(cc1OC)C(C)(C)COC2CN1CC=C(c2ccc(Cl)cc2)CC1. The summed E-state index contributed by atoms with van der Waals surface area (Å²) in [5.41, 5.74) is 5.08. The minimum absolute atomic E-state index is 0.0262. The van der Waals surface area contributed by atoms with Gasteiger partial charge in [0.15, 0.2) is 11.5 Å². The Morgan fingerprint density at radius 2 is 1.80 bits per heavy atom. The van der Waals surface area contributed by atoms with Gasteiger partial charge in [0, 0.05) is 30.1 Å². The molecule has 160 valence electrons. The molecule has 0 aromatic heterocycles. The average Bonchev–Trinajstić information content (AvgIpc) is 2.76. The number of hydrogen-bond donors (Lipinski definition) is 0. The maximum Gasteiger partial charge on any atom is 0.161 e. The predicted octanol–water partition coefficient (Wildman–Crippen LogP) is 5.50. The summed E-state index contributed by atoms with van der Waals surface area (Å²) >= 11 is 6.03. The van der Waals surface area contributed by atoms with E-state index in [0.717, 1.165) is 42.6 Å². The minimum atomic E-state index is -0.0606. The Balaban J connectivity index is 1.53. The van der Waals surface area contributed by atoms with Crippen LogP contribution in [0.15, 0.2) is 42.5 Å². The van der Waals surface area contributed by atoms with E-state index in [4.69, 9.17) is 25.8 Å². The number of rotatable bonds is 5. The van der Waals surface area contributed by atoms with Gasteiger partial charge in [0.25, 0.3) is 0 Å². The third kappa shape index (κ3) is 4.22. The molecule has 2 aliphatic heterocycles. The van der Waals surface area contributed by atoms with Crippen molar-refractivity contribution in [2.24, 2.45) is 0 Å². The lowest BCUT2D eigenvalue weighted by atomic mass is 9.78. The summed E-state index contributed by atoms with van der Waals surface area (Å²) in [4.78, 5) is 2.46. The lowest BCUT2D eigenvalue weighted by Gasteiger charge is -2.40. The lowest BCUT2D eigenvalue weighted by molar-refractivity contribution is -0.0118. The number of benzene rings is 2. The van der Waals surface area contributed by atoms with Crippen LogP contribution in [0.3, 0.4) is 0 Å². The van der Waals surface area contributed by atoms with Crippen molar-refractivity contribution >= 4 is 17.2 Å². The molecule has 1 unspecified atom stereocenters. The third-order valence-corrected chi connectivity index (χ3v) is 6.46. The quantitative estimate of drug-likeness (QED) is 0.630. The van der Waals surface area contributed by atoms with Gasteiger partial charge >= 0.3 is 0 Å². The summed E-state index contributed by atoms with van der Waals surface area (Å²) in [5, 5.41) is 0.778. The molecule has 0 N–H and O–H groups in total. The van der Waals surface area contributed by atoms with Gasteiger partial charge in [0.2, 0.25) is 0 Å². The monoisotopic (exact) mass is 427 g/mol. The first-order valence-corrected chi connectivity index (χ1v) is 10.8. The highest BCUT2D eigenvalue weighted by atomic mass is 35.5. The van der Waals surface area contributed by atoms with E-state index < -0.39 is 0 Å². The standard InChI is InChI=1S/C25H30ClNO3/c1-25(2)16-30-24(20-13-22(28-3)23(29-4)14-21(20)25)15-27-11-9-18(10-12-27)17-5-7-19(26)8-6-17/h5-9,13-14,24H,10-12,15-16H2,1-4H3. The molecule has 0 radical (unpaired) electrons. The second-order valence-corrected chi connectivity index (χ2v) is 9.16. The van der Waals surface area contributed by atoms with E-state index in [0.29, 0.717) is 6.61 Å². The number of fused-ring (bicyclic) bond motifs is 1. The molecule has 0 fully saturated rings. The van der Waals surface area contributed by atoms with Crippen LogP contribution in [0.1, 0.15) is 43.1 Å². The number of methoxy groups -OCH3 is 2. The largest absolute Gasteiger partial charge is 0.493 e. The summed E-state index contributed by atoms with van der Waals surface area (Å²) in [6.07, 6.45) is 3.38. The van der Waals surface area contributed by atoms with Crippen LogP contribution in [0, 0.1) is 0 Å². The molecule has 2 aromatic carbocycles. The first kappa shape index (κ1) is 21.2. The van der Waals surface area contributed by atoms with Crippen molar-refractivity contribution in [3.05, 3.63) is 64.2 Å². The number of ether oxygens (including phenoxy) is 3. The summed E-state index contributed by atoms with van der Waals surface area (Å²) < 4.78 is 17.5. The van der Waals surface area contributed by atoms with Crippen LogP contribution >= 0.6 is 11.6 Å². The Hall–Kier alpha value is -2.01. The van der Waals surface area contributed by atoms with E-state index in [9.17, 15) is 0 Å². The van der Waals surface area contributed by atoms with Gasteiger partial charge in [-0.15, -0.1) is 0 Å². The van der Waals surface area contributed by atoms with E-state index >= 15 is 0 Å². The Morgan fingerprint density at radius 3 is 2.43 bits per heavy atom. The normalized spacial score (nSPS) is 21.0. The molecule has 0 saturated heterocycles. The summed E-state index contributed by atoms with van der Waals surface area (Å²) in [7, 11) is 3.37. The number of hydrogen-bond acceptors (Lipinski definition) is 4. The topological polar surface area (TPSA) is 30.9 Å². The second kappa shape index (κ2) is 8.62. The molecular formula is C25H30ClNO3. The zero-order chi connectivity index (χ0) is 21.3. The van der Waals surface area contributed by atoms with E-state index in [-0.39, 0.29) is 11.5 Å². The van der Waals surface area contributed by atoms with Crippen LogP contribution in [0.5, 0.6) is 11.5 Å². The average molecular weight is 428 g/mol. The molecule has 4 nitrogen and oxygen atoms in total. The van der Waals surface area contributed by atoms with Crippen molar-refractivity contribution in [3.8, 4) is 11.5 Å².